The number of likely N-dealkylation sites (tertiary alicyclic amines) is 1. The molecule has 1 aliphatic heterocycles. The third-order valence-corrected chi connectivity index (χ3v) is 3.88. The number of rotatable bonds is 3. The van der Waals surface area contributed by atoms with Crippen molar-refractivity contribution < 1.29 is 32.6 Å². The lowest BCUT2D eigenvalue weighted by atomic mass is 9.70. The van der Waals surface area contributed by atoms with Crippen molar-refractivity contribution in [1.82, 2.24) is 4.90 Å². The number of alkyl halides is 3. The summed E-state index contributed by atoms with van der Waals surface area (Å²) in [6.07, 6.45) is -6.02. The number of nitrogens with two attached hydrogens (primary N) is 1. The number of hydrogen-bond donors (Lipinski definition) is 2. The van der Waals surface area contributed by atoms with E-state index in [0.29, 0.717) is 0 Å². The third-order valence-electron chi connectivity index (χ3n) is 3.88. The monoisotopic (exact) mass is 340 g/mol. The second-order valence-corrected chi connectivity index (χ2v) is 6.67. The van der Waals surface area contributed by atoms with Gasteiger partial charge in [-0.1, -0.05) is 0 Å². The maximum atomic E-state index is 12.9. The molecule has 3 N–H and O–H groups in total. The van der Waals surface area contributed by atoms with Gasteiger partial charge < -0.3 is 20.5 Å². The van der Waals surface area contributed by atoms with Crippen LogP contribution in [-0.2, 0) is 9.53 Å². The van der Waals surface area contributed by atoms with Crippen LogP contribution in [0.3, 0.4) is 0 Å². The molecule has 1 saturated heterocycles. The zero-order chi connectivity index (χ0) is 18.1. The van der Waals surface area contributed by atoms with Crippen molar-refractivity contribution in [3.8, 4) is 0 Å². The molecule has 0 aliphatic carbocycles. The van der Waals surface area contributed by atoms with Crippen molar-refractivity contribution in [3.05, 3.63) is 0 Å². The summed E-state index contributed by atoms with van der Waals surface area (Å²) >= 11 is 0. The van der Waals surface area contributed by atoms with E-state index in [0.717, 1.165) is 4.90 Å². The number of aliphatic hydroxyl groups excluding tert-OH is 1. The van der Waals surface area contributed by atoms with Gasteiger partial charge in [-0.25, -0.2) is 4.79 Å². The number of aliphatic hydroxyl groups is 1. The lowest BCUT2D eigenvalue weighted by molar-refractivity contribution is -0.191. The molecule has 0 radical (unpaired) electrons. The maximum absolute atomic E-state index is 12.9. The second-order valence-electron chi connectivity index (χ2n) is 6.67. The van der Waals surface area contributed by atoms with Crippen molar-refractivity contribution in [2.45, 2.75) is 51.4 Å². The first kappa shape index (κ1) is 19.7. The lowest BCUT2D eigenvalue weighted by Crippen LogP contribution is -2.64. The van der Waals surface area contributed by atoms with Crippen LogP contribution in [0.5, 0.6) is 0 Å². The molecular formula is C14H23F3N2O4. The highest BCUT2D eigenvalue weighted by Gasteiger charge is 2.59. The molecular weight excluding hydrogens is 317 g/mol. The van der Waals surface area contributed by atoms with E-state index in [1.807, 2.05) is 0 Å². The van der Waals surface area contributed by atoms with E-state index in [2.05, 4.69) is 0 Å². The van der Waals surface area contributed by atoms with Crippen LogP contribution < -0.4 is 5.73 Å². The Bertz CT molecular complexity index is 462. The molecule has 0 aromatic rings. The molecule has 0 aromatic heterocycles. The molecule has 0 saturated carbocycles. The van der Waals surface area contributed by atoms with Crippen molar-refractivity contribution in [2.24, 2.45) is 11.1 Å². The Morgan fingerprint density at radius 1 is 1.35 bits per heavy atom. The molecule has 2 atom stereocenters. The van der Waals surface area contributed by atoms with E-state index in [4.69, 9.17) is 10.5 Å². The van der Waals surface area contributed by atoms with Crippen LogP contribution in [0, 0.1) is 5.41 Å². The zero-order valence-electron chi connectivity index (χ0n) is 13.4. The zero-order valence-corrected chi connectivity index (χ0v) is 13.4. The molecule has 2 unspecified atom stereocenters. The molecule has 0 spiro atoms. The van der Waals surface area contributed by atoms with E-state index in [-0.39, 0.29) is 25.9 Å². The summed E-state index contributed by atoms with van der Waals surface area (Å²) in [5.74, 6) is -2.06. The quantitative estimate of drug-likeness (QED) is 0.811. The van der Waals surface area contributed by atoms with Crippen LogP contribution in [0.2, 0.25) is 0 Å². The van der Waals surface area contributed by atoms with Gasteiger partial charge in [0, 0.05) is 13.1 Å². The predicted octanol–water partition coefficient (Wildman–Crippen LogP) is 1.45. The highest BCUT2D eigenvalue weighted by molar-refractivity contribution is 5.91. The minimum absolute atomic E-state index is 0.115. The number of ketones is 1. The second kappa shape index (κ2) is 6.64. The minimum Gasteiger partial charge on any atom is -0.444 e. The number of carbonyl (C=O) groups is 2. The van der Waals surface area contributed by atoms with Gasteiger partial charge in [-0.15, -0.1) is 0 Å². The summed E-state index contributed by atoms with van der Waals surface area (Å²) in [6.45, 7) is 3.54. The average Bonchev–Trinajstić information content (AvgIpc) is 2.42. The highest BCUT2D eigenvalue weighted by atomic mass is 19.4. The third kappa shape index (κ3) is 4.14. The molecule has 0 aromatic carbocycles. The van der Waals surface area contributed by atoms with Gasteiger partial charge in [0.25, 0.3) is 0 Å². The number of piperidine rings is 1. The number of amides is 1. The van der Waals surface area contributed by atoms with Gasteiger partial charge in [-0.2, -0.15) is 13.2 Å². The molecule has 1 fully saturated rings. The summed E-state index contributed by atoms with van der Waals surface area (Å²) in [4.78, 5) is 25.1. The maximum Gasteiger partial charge on any atom is 0.450 e. The topological polar surface area (TPSA) is 92.9 Å². The Hall–Kier alpha value is -1.35. The van der Waals surface area contributed by atoms with Crippen LogP contribution in [0.25, 0.3) is 0 Å². The van der Waals surface area contributed by atoms with Crippen LogP contribution >= 0.6 is 0 Å². The van der Waals surface area contributed by atoms with Gasteiger partial charge in [0.05, 0.1) is 18.1 Å². The largest absolute Gasteiger partial charge is 0.450 e. The molecule has 1 aliphatic rings. The Labute approximate surface area is 132 Å². The summed E-state index contributed by atoms with van der Waals surface area (Å²) < 4.78 is 44.0. The summed E-state index contributed by atoms with van der Waals surface area (Å²) in [7, 11) is 0. The molecule has 1 rings (SSSR count). The van der Waals surface area contributed by atoms with Crippen molar-refractivity contribution in [2.75, 3.05) is 19.7 Å². The van der Waals surface area contributed by atoms with Gasteiger partial charge in [-0.3, -0.25) is 4.79 Å². The van der Waals surface area contributed by atoms with Gasteiger partial charge in [0.2, 0.25) is 5.78 Å². The number of halogens is 3. The molecule has 1 amide bonds. The summed E-state index contributed by atoms with van der Waals surface area (Å²) in [6, 6.07) is -1.27. The minimum atomic E-state index is -5.12. The summed E-state index contributed by atoms with van der Waals surface area (Å²) in [5, 5.41) is 9.55. The first-order chi connectivity index (χ1) is 10.4. The standard InChI is InChI=1S/C14H23F3N2O4/c1-12(2,3)23-11(22)19-6-4-5-13(8-20,9(19)7-18)10(21)14(15,16)17/h9,20H,4-8,18H2,1-3H3. The number of Topliss-reactive ketones (excluding diaryl/α,β-unsaturated/α-hetero) is 1. The van der Waals surface area contributed by atoms with Gasteiger partial charge in [0.1, 0.15) is 5.60 Å². The van der Waals surface area contributed by atoms with Gasteiger partial charge >= 0.3 is 12.3 Å². The first-order valence-corrected chi connectivity index (χ1v) is 7.31. The Balaban J connectivity index is 3.19. The fourth-order valence-corrected chi connectivity index (χ4v) is 2.88. The highest BCUT2D eigenvalue weighted by Crippen LogP contribution is 2.41. The Kier molecular flexibility index (Phi) is 5.69. The van der Waals surface area contributed by atoms with E-state index in [9.17, 15) is 27.9 Å². The van der Waals surface area contributed by atoms with E-state index in [1.165, 1.54) is 0 Å². The fourth-order valence-electron chi connectivity index (χ4n) is 2.88. The first-order valence-electron chi connectivity index (χ1n) is 7.31. The fraction of sp³-hybridized carbons (Fsp3) is 0.857. The lowest BCUT2D eigenvalue weighted by Gasteiger charge is -2.47. The Morgan fingerprint density at radius 2 is 1.91 bits per heavy atom. The van der Waals surface area contributed by atoms with E-state index >= 15 is 0 Å². The smallest absolute Gasteiger partial charge is 0.444 e. The van der Waals surface area contributed by atoms with Crippen LogP contribution in [0.4, 0.5) is 18.0 Å². The predicted molar refractivity (Wildman–Crippen MR) is 75.6 cm³/mol. The van der Waals surface area contributed by atoms with Crippen LogP contribution in [0.15, 0.2) is 0 Å². The molecule has 134 valence electrons. The summed E-state index contributed by atoms with van der Waals surface area (Å²) in [5.41, 5.74) is 2.55. The van der Waals surface area contributed by atoms with Crippen LogP contribution in [0.1, 0.15) is 33.6 Å². The van der Waals surface area contributed by atoms with Gasteiger partial charge in [-0.05, 0) is 33.6 Å². The Morgan fingerprint density at radius 3 is 2.30 bits per heavy atom. The number of nitrogens with zero attached hydrogens (tertiary/aromatic N) is 1. The average molecular weight is 340 g/mol. The number of ether oxygens (including phenoxy) is 1. The van der Waals surface area contributed by atoms with Crippen molar-refractivity contribution in [1.29, 1.82) is 0 Å². The molecule has 0 bridgehead atoms. The van der Waals surface area contributed by atoms with Crippen molar-refractivity contribution in [3.63, 3.8) is 0 Å². The number of hydrogen-bond acceptors (Lipinski definition) is 5. The van der Waals surface area contributed by atoms with E-state index in [1.54, 1.807) is 20.8 Å². The molecule has 1 heterocycles. The number of carbonyl (C=O) groups excluding carboxylic acids is 2. The van der Waals surface area contributed by atoms with Gasteiger partial charge in [0.15, 0.2) is 0 Å². The SMILES string of the molecule is CC(C)(C)OC(=O)N1CCCC(CO)(C(=O)C(F)(F)F)C1CN. The molecule has 9 heteroatoms. The van der Waals surface area contributed by atoms with E-state index < -0.39 is 41.7 Å². The molecule has 23 heavy (non-hydrogen) atoms. The van der Waals surface area contributed by atoms with Crippen molar-refractivity contribution >= 4 is 11.9 Å². The molecule has 6 nitrogen and oxygen atoms in total. The van der Waals surface area contributed by atoms with Crippen LogP contribution in [-0.4, -0.2) is 59.4 Å². The normalized spacial score (nSPS) is 26.1.